The van der Waals surface area contributed by atoms with Crippen molar-refractivity contribution in [1.29, 1.82) is 0 Å². The molecule has 0 heterocycles. The number of carbonyl (C=O) groups excluding carboxylic acids is 1. The van der Waals surface area contributed by atoms with Gasteiger partial charge in [-0.2, -0.15) is 0 Å². The summed E-state index contributed by atoms with van der Waals surface area (Å²) in [4.78, 5) is 11.4. The van der Waals surface area contributed by atoms with Crippen molar-refractivity contribution in [2.75, 3.05) is 0 Å². The molecule has 0 saturated heterocycles. The summed E-state index contributed by atoms with van der Waals surface area (Å²) in [5.74, 6) is -0.0212. The van der Waals surface area contributed by atoms with Crippen molar-refractivity contribution in [2.45, 2.75) is 39.2 Å². The standard InChI is InChI=1S/C8H16N2OS/c1-4-6(11)10-8(3,5-2)7(9)12/h4-5H2,1-3H3,(H2,9,12)(H,10,11). The van der Waals surface area contributed by atoms with Crippen LogP contribution < -0.4 is 11.1 Å². The van der Waals surface area contributed by atoms with Gasteiger partial charge in [0.15, 0.2) is 0 Å². The fourth-order valence-electron chi connectivity index (χ4n) is 0.720. The van der Waals surface area contributed by atoms with E-state index in [2.05, 4.69) is 5.32 Å². The number of rotatable bonds is 4. The minimum atomic E-state index is -0.525. The second-order valence-corrected chi connectivity index (χ2v) is 3.39. The van der Waals surface area contributed by atoms with Crippen LogP contribution in [0, 0.1) is 0 Å². The van der Waals surface area contributed by atoms with Crippen LogP contribution in [0.3, 0.4) is 0 Å². The molecule has 0 bridgehead atoms. The van der Waals surface area contributed by atoms with E-state index in [0.29, 0.717) is 17.8 Å². The van der Waals surface area contributed by atoms with Gasteiger partial charge < -0.3 is 11.1 Å². The van der Waals surface area contributed by atoms with Gasteiger partial charge in [-0.1, -0.05) is 26.1 Å². The summed E-state index contributed by atoms with van der Waals surface area (Å²) >= 11 is 4.86. The summed E-state index contributed by atoms with van der Waals surface area (Å²) in [5.41, 5.74) is 4.98. The Morgan fingerprint density at radius 3 is 2.33 bits per heavy atom. The van der Waals surface area contributed by atoms with Crippen molar-refractivity contribution in [3.05, 3.63) is 0 Å². The first-order valence-electron chi connectivity index (χ1n) is 4.07. The number of carbonyl (C=O) groups is 1. The maximum atomic E-state index is 11.1. The minimum Gasteiger partial charge on any atom is -0.391 e. The molecule has 12 heavy (non-hydrogen) atoms. The molecule has 1 atom stereocenters. The van der Waals surface area contributed by atoms with Crippen molar-refractivity contribution in [3.63, 3.8) is 0 Å². The predicted octanol–water partition coefficient (Wildman–Crippen LogP) is 0.967. The van der Waals surface area contributed by atoms with Crippen molar-refractivity contribution in [2.24, 2.45) is 5.73 Å². The largest absolute Gasteiger partial charge is 0.391 e. The van der Waals surface area contributed by atoms with Crippen LogP contribution >= 0.6 is 12.2 Å². The molecule has 0 spiro atoms. The summed E-state index contributed by atoms with van der Waals surface area (Å²) in [5, 5.41) is 2.79. The number of nitrogens with one attached hydrogen (secondary N) is 1. The van der Waals surface area contributed by atoms with Gasteiger partial charge in [-0.25, -0.2) is 0 Å². The second kappa shape index (κ2) is 4.40. The number of nitrogens with two attached hydrogens (primary N) is 1. The third-order valence-corrected chi connectivity index (χ3v) is 2.44. The van der Waals surface area contributed by atoms with E-state index in [4.69, 9.17) is 18.0 Å². The molecule has 70 valence electrons. The highest BCUT2D eigenvalue weighted by molar-refractivity contribution is 7.80. The van der Waals surface area contributed by atoms with Gasteiger partial charge in [0.2, 0.25) is 5.91 Å². The summed E-state index contributed by atoms with van der Waals surface area (Å²) in [6.07, 6.45) is 1.17. The Morgan fingerprint density at radius 1 is 1.58 bits per heavy atom. The lowest BCUT2D eigenvalue weighted by Crippen LogP contribution is -2.53. The summed E-state index contributed by atoms with van der Waals surface area (Å²) in [6.45, 7) is 5.57. The highest BCUT2D eigenvalue weighted by atomic mass is 32.1. The summed E-state index contributed by atoms with van der Waals surface area (Å²) in [6, 6.07) is 0. The van der Waals surface area contributed by atoms with E-state index in [1.165, 1.54) is 0 Å². The Kier molecular flexibility index (Phi) is 4.17. The smallest absolute Gasteiger partial charge is 0.220 e. The monoisotopic (exact) mass is 188 g/mol. The Morgan fingerprint density at radius 2 is 2.08 bits per heavy atom. The van der Waals surface area contributed by atoms with Crippen LogP contribution in [0.5, 0.6) is 0 Å². The lowest BCUT2D eigenvalue weighted by Gasteiger charge is -2.28. The molecule has 0 saturated carbocycles. The molecule has 0 aliphatic heterocycles. The third-order valence-electron chi connectivity index (χ3n) is 1.99. The van der Waals surface area contributed by atoms with Gasteiger partial charge in [-0.3, -0.25) is 4.79 Å². The van der Waals surface area contributed by atoms with Crippen LogP contribution in [0.1, 0.15) is 33.6 Å². The highest BCUT2D eigenvalue weighted by Crippen LogP contribution is 2.09. The molecule has 1 amide bonds. The van der Waals surface area contributed by atoms with E-state index in [1.807, 2.05) is 13.8 Å². The number of hydrogen-bond acceptors (Lipinski definition) is 2. The molecule has 0 aliphatic carbocycles. The van der Waals surface area contributed by atoms with E-state index in [-0.39, 0.29) is 5.91 Å². The van der Waals surface area contributed by atoms with Gasteiger partial charge in [0.25, 0.3) is 0 Å². The van der Waals surface area contributed by atoms with Crippen molar-refractivity contribution in [1.82, 2.24) is 5.32 Å². The normalized spacial score (nSPS) is 14.9. The Labute approximate surface area is 78.7 Å². The number of amides is 1. The zero-order chi connectivity index (χ0) is 9.78. The molecule has 0 aliphatic rings. The minimum absolute atomic E-state index is 0.0212. The van der Waals surface area contributed by atoms with Crippen LogP contribution in [-0.2, 0) is 4.79 Å². The maximum Gasteiger partial charge on any atom is 0.220 e. The van der Waals surface area contributed by atoms with E-state index < -0.39 is 5.54 Å². The van der Waals surface area contributed by atoms with Crippen molar-refractivity contribution in [3.8, 4) is 0 Å². The molecule has 0 aromatic rings. The first kappa shape index (κ1) is 11.4. The van der Waals surface area contributed by atoms with Crippen LogP contribution in [0.4, 0.5) is 0 Å². The fraction of sp³-hybridized carbons (Fsp3) is 0.750. The predicted molar refractivity (Wildman–Crippen MR) is 53.9 cm³/mol. The summed E-state index contributed by atoms with van der Waals surface area (Å²) in [7, 11) is 0. The zero-order valence-electron chi connectivity index (χ0n) is 7.81. The Balaban J connectivity index is 4.34. The maximum absolute atomic E-state index is 11.1. The van der Waals surface area contributed by atoms with Crippen molar-refractivity contribution < 1.29 is 4.79 Å². The average Bonchev–Trinajstić information content (AvgIpc) is 2.03. The third kappa shape index (κ3) is 2.77. The van der Waals surface area contributed by atoms with Gasteiger partial charge >= 0.3 is 0 Å². The molecule has 0 aromatic heterocycles. The highest BCUT2D eigenvalue weighted by Gasteiger charge is 2.26. The van der Waals surface area contributed by atoms with Gasteiger partial charge in [0, 0.05) is 6.42 Å². The van der Waals surface area contributed by atoms with E-state index >= 15 is 0 Å². The Hall–Kier alpha value is -0.640. The van der Waals surface area contributed by atoms with E-state index in [0.717, 1.165) is 0 Å². The fourth-order valence-corrected chi connectivity index (χ4v) is 0.916. The van der Waals surface area contributed by atoms with Gasteiger partial charge in [0.05, 0.1) is 10.5 Å². The quantitative estimate of drug-likeness (QED) is 0.646. The molecule has 0 aromatic carbocycles. The Bertz CT molecular complexity index is 193. The lowest BCUT2D eigenvalue weighted by molar-refractivity contribution is -0.121. The molecule has 0 fully saturated rings. The SMILES string of the molecule is CCC(=O)NC(C)(CC)C(N)=S. The molecule has 0 radical (unpaired) electrons. The van der Waals surface area contributed by atoms with Crippen LogP contribution in [0.15, 0.2) is 0 Å². The van der Waals surface area contributed by atoms with E-state index in [1.54, 1.807) is 6.92 Å². The molecule has 1 unspecified atom stereocenters. The van der Waals surface area contributed by atoms with Gasteiger partial charge in [-0.15, -0.1) is 0 Å². The first-order chi connectivity index (χ1) is 5.46. The van der Waals surface area contributed by atoms with Crippen molar-refractivity contribution >= 4 is 23.1 Å². The van der Waals surface area contributed by atoms with Crippen LogP contribution in [0.2, 0.25) is 0 Å². The first-order valence-corrected chi connectivity index (χ1v) is 4.48. The lowest BCUT2D eigenvalue weighted by atomic mass is 9.99. The molecule has 3 nitrogen and oxygen atoms in total. The van der Waals surface area contributed by atoms with E-state index in [9.17, 15) is 4.79 Å². The van der Waals surface area contributed by atoms with Gasteiger partial charge in [-0.05, 0) is 13.3 Å². The second-order valence-electron chi connectivity index (χ2n) is 2.95. The topological polar surface area (TPSA) is 55.1 Å². The molecular weight excluding hydrogens is 172 g/mol. The van der Waals surface area contributed by atoms with Gasteiger partial charge in [0.1, 0.15) is 0 Å². The molecule has 3 N–H and O–H groups in total. The average molecular weight is 188 g/mol. The number of hydrogen-bond donors (Lipinski definition) is 2. The number of thiocarbonyl (C=S) groups is 1. The molecular formula is C8H16N2OS. The molecule has 0 rings (SSSR count). The van der Waals surface area contributed by atoms with Crippen LogP contribution in [-0.4, -0.2) is 16.4 Å². The summed E-state index contributed by atoms with van der Waals surface area (Å²) < 4.78 is 0. The van der Waals surface area contributed by atoms with Crippen LogP contribution in [0.25, 0.3) is 0 Å². The zero-order valence-corrected chi connectivity index (χ0v) is 8.62. The molecule has 4 heteroatoms.